The minimum Gasteiger partial charge on any atom is -0.508 e. The monoisotopic (exact) mass is 432 g/mol. The molecule has 3 aromatic rings. The van der Waals surface area contributed by atoms with Gasteiger partial charge in [-0.3, -0.25) is 4.79 Å². The molecule has 10 nitrogen and oxygen atoms in total. The molecule has 0 bridgehead atoms. The predicted molar refractivity (Wildman–Crippen MR) is 106 cm³/mol. The van der Waals surface area contributed by atoms with E-state index in [9.17, 15) is 40.5 Å². The highest BCUT2D eigenvalue weighted by molar-refractivity contribution is 5.91. The molecule has 0 radical (unpaired) electrons. The van der Waals surface area contributed by atoms with Crippen LogP contribution in [0.25, 0.3) is 22.1 Å². The number of fused-ring (bicyclic) bond motifs is 1. The van der Waals surface area contributed by atoms with Crippen molar-refractivity contribution in [2.24, 2.45) is 0 Å². The summed E-state index contributed by atoms with van der Waals surface area (Å²) in [6.07, 6.45) is -6.73. The molecule has 1 aliphatic heterocycles. The minimum absolute atomic E-state index is 0.00778. The van der Waals surface area contributed by atoms with Crippen molar-refractivity contribution in [2.45, 2.75) is 30.5 Å². The molecule has 1 saturated heterocycles. The highest BCUT2D eigenvalue weighted by Crippen LogP contribution is 2.43. The summed E-state index contributed by atoms with van der Waals surface area (Å²) in [6.45, 7) is -0.687. The summed E-state index contributed by atoms with van der Waals surface area (Å²) in [4.78, 5) is 13.1. The quantitative estimate of drug-likeness (QED) is 0.300. The highest BCUT2D eigenvalue weighted by Gasteiger charge is 2.46. The lowest BCUT2D eigenvalue weighted by molar-refractivity contribution is -0.231. The summed E-state index contributed by atoms with van der Waals surface area (Å²) < 4.78 is 11.0. The first kappa shape index (κ1) is 21.1. The zero-order valence-corrected chi connectivity index (χ0v) is 15.9. The molecule has 1 fully saturated rings. The third-order valence-corrected chi connectivity index (χ3v) is 5.40. The third kappa shape index (κ3) is 3.40. The van der Waals surface area contributed by atoms with Gasteiger partial charge in [-0.25, -0.2) is 0 Å². The first-order valence-electron chi connectivity index (χ1n) is 9.34. The molecule has 0 aliphatic carbocycles. The van der Waals surface area contributed by atoms with Gasteiger partial charge in [0.05, 0.1) is 17.7 Å². The van der Waals surface area contributed by atoms with Crippen molar-refractivity contribution >= 4 is 11.0 Å². The fourth-order valence-electron chi connectivity index (χ4n) is 3.75. The Balaban J connectivity index is 1.92. The van der Waals surface area contributed by atoms with Gasteiger partial charge in [-0.1, -0.05) is 12.1 Å². The summed E-state index contributed by atoms with van der Waals surface area (Å²) >= 11 is 0. The molecule has 31 heavy (non-hydrogen) atoms. The molecule has 5 atom stereocenters. The number of hydrogen-bond acceptors (Lipinski definition) is 10. The van der Waals surface area contributed by atoms with Crippen LogP contribution in [0.5, 0.6) is 17.2 Å². The van der Waals surface area contributed by atoms with Gasteiger partial charge < -0.3 is 44.9 Å². The van der Waals surface area contributed by atoms with Crippen LogP contribution in [0.3, 0.4) is 0 Å². The lowest BCUT2D eigenvalue weighted by Gasteiger charge is -2.40. The fraction of sp³-hybridized carbons (Fsp3) is 0.286. The van der Waals surface area contributed by atoms with E-state index in [0.717, 1.165) is 12.3 Å². The van der Waals surface area contributed by atoms with E-state index in [2.05, 4.69) is 0 Å². The van der Waals surface area contributed by atoms with Gasteiger partial charge in [-0.2, -0.15) is 0 Å². The normalized spacial score (nSPS) is 26.3. The number of aliphatic hydroxyl groups excluding tert-OH is 4. The molecular weight excluding hydrogens is 412 g/mol. The molecule has 7 N–H and O–H groups in total. The van der Waals surface area contributed by atoms with Crippen LogP contribution in [-0.4, -0.2) is 66.8 Å². The summed E-state index contributed by atoms with van der Waals surface area (Å²) in [5.41, 5.74) is -0.729. The fourth-order valence-corrected chi connectivity index (χ4v) is 3.75. The van der Waals surface area contributed by atoms with Crippen LogP contribution in [0.2, 0.25) is 0 Å². The predicted octanol–water partition coefficient (Wildman–Crippen LogP) is 0.0917. The SMILES string of the molecule is O=c1c(-c2ccc(O)cc2)coc2c([C@@H]3O[C@H](CO)[C@@H](O)[C@H](O)[C@@H]3O)c(O)cc(O)c12. The lowest BCUT2D eigenvalue weighted by Crippen LogP contribution is -2.55. The molecule has 0 spiro atoms. The van der Waals surface area contributed by atoms with Crippen LogP contribution in [0.1, 0.15) is 11.7 Å². The van der Waals surface area contributed by atoms with Crippen LogP contribution in [0.4, 0.5) is 0 Å². The summed E-state index contributed by atoms with van der Waals surface area (Å²) in [6, 6.07) is 6.56. The van der Waals surface area contributed by atoms with Crippen molar-refractivity contribution in [2.75, 3.05) is 6.61 Å². The average molecular weight is 432 g/mol. The van der Waals surface area contributed by atoms with E-state index in [0.29, 0.717) is 5.56 Å². The maximum atomic E-state index is 13.1. The summed E-state index contributed by atoms with van der Waals surface area (Å²) in [5, 5.41) is 69.8. The second-order valence-corrected chi connectivity index (χ2v) is 7.31. The molecular formula is C21H20O10. The standard InChI is InChI=1S/C21H20O10/c22-6-13-17(27)18(28)19(29)21(31-13)15-12(25)5-11(24)14-16(26)10(7-30-20(14)15)8-1-3-9(23)4-2-8/h1-5,7,13,17-19,21-25,27-29H,6H2/t13-,17-,18+,19+,21+/m1/s1. The molecule has 0 saturated carbocycles. The number of aromatic hydroxyl groups is 3. The van der Waals surface area contributed by atoms with Crippen LogP contribution in [-0.2, 0) is 4.74 Å². The average Bonchev–Trinajstić information content (AvgIpc) is 2.74. The van der Waals surface area contributed by atoms with E-state index in [1.165, 1.54) is 24.3 Å². The second-order valence-electron chi connectivity index (χ2n) is 7.31. The lowest BCUT2D eigenvalue weighted by atomic mass is 9.89. The van der Waals surface area contributed by atoms with E-state index >= 15 is 0 Å². The van der Waals surface area contributed by atoms with Crippen LogP contribution in [0, 0.1) is 0 Å². The van der Waals surface area contributed by atoms with Crippen molar-refractivity contribution in [3.8, 4) is 28.4 Å². The molecule has 0 unspecified atom stereocenters. The van der Waals surface area contributed by atoms with Crippen LogP contribution >= 0.6 is 0 Å². The van der Waals surface area contributed by atoms with Crippen molar-refractivity contribution in [1.29, 1.82) is 0 Å². The van der Waals surface area contributed by atoms with Gasteiger partial charge in [0.1, 0.15) is 59.4 Å². The number of phenolic OH excluding ortho intramolecular Hbond substituents is 3. The third-order valence-electron chi connectivity index (χ3n) is 5.40. The number of phenols is 3. The maximum absolute atomic E-state index is 13.1. The largest absolute Gasteiger partial charge is 0.508 e. The molecule has 164 valence electrons. The number of aliphatic hydroxyl groups is 4. The maximum Gasteiger partial charge on any atom is 0.204 e. The van der Waals surface area contributed by atoms with Gasteiger partial charge in [0, 0.05) is 6.07 Å². The number of rotatable bonds is 3. The van der Waals surface area contributed by atoms with Crippen molar-refractivity contribution in [3.63, 3.8) is 0 Å². The Morgan fingerprint density at radius 1 is 0.903 bits per heavy atom. The van der Waals surface area contributed by atoms with E-state index in [1.54, 1.807) is 0 Å². The Bertz CT molecular complexity index is 1170. The zero-order valence-electron chi connectivity index (χ0n) is 15.9. The Hall–Kier alpha value is -3.15. The first-order chi connectivity index (χ1) is 14.7. The Morgan fingerprint density at radius 2 is 1.58 bits per heavy atom. The summed E-state index contributed by atoms with van der Waals surface area (Å²) in [7, 11) is 0. The Morgan fingerprint density at radius 3 is 2.23 bits per heavy atom. The highest BCUT2D eigenvalue weighted by atomic mass is 16.5. The smallest absolute Gasteiger partial charge is 0.204 e. The van der Waals surface area contributed by atoms with E-state index in [4.69, 9.17) is 9.15 Å². The summed E-state index contributed by atoms with van der Waals surface area (Å²) in [5.74, 6) is -1.18. The molecule has 1 aliphatic rings. The molecule has 2 aromatic carbocycles. The van der Waals surface area contributed by atoms with E-state index in [-0.39, 0.29) is 27.8 Å². The van der Waals surface area contributed by atoms with Gasteiger partial charge in [0.15, 0.2) is 5.58 Å². The second kappa shape index (κ2) is 7.84. The Kier molecular flexibility index (Phi) is 5.33. The van der Waals surface area contributed by atoms with E-state index < -0.39 is 54.1 Å². The topological polar surface area (TPSA) is 181 Å². The molecule has 10 heteroatoms. The van der Waals surface area contributed by atoms with Crippen molar-refractivity contribution < 1.29 is 44.9 Å². The van der Waals surface area contributed by atoms with Gasteiger partial charge in [0.25, 0.3) is 0 Å². The van der Waals surface area contributed by atoms with Gasteiger partial charge in [-0.15, -0.1) is 0 Å². The van der Waals surface area contributed by atoms with Gasteiger partial charge in [0.2, 0.25) is 5.43 Å². The zero-order chi connectivity index (χ0) is 22.4. The molecule has 1 aromatic heterocycles. The first-order valence-corrected chi connectivity index (χ1v) is 9.34. The van der Waals surface area contributed by atoms with Crippen LogP contribution in [0.15, 0.2) is 45.8 Å². The molecule has 4 rings (SSSR count). The number of benzene rings is 2. The number of hydrogen-bond donors (Lipinski definition) is 7. The van der Waals surface area contributed by atoms with Gasteiger partial charge >= 0.3 is 0 Å². The van der Waals surface area contributed by atoms with Crippen molar-refractivity contribution in [3.05, 3.63) is 52.4 Å². The Labute approximate surface area is 174 Å². The minimum atomic E-state index is -1.74. The van der Waals surface area contributed by atoms with Gasteiger partial charge in [-0.05, 0) is 17.7 Å². The van der Waals surface area contributed by atoms with E-state index in [1.807, 2.05) is 0 Å². The van der Waals surface area contributed by atoms with Crippen molar-refractivity contribution in [1.82, 2.24) is 0 Å². The molecule has 2 heterocycles. The molecule has 0 amide bonds. The van der Waals surface area contributed by atoms with Crippen LogP contribution < -0.4 is 5.43 Å². The number of ether oxygens (including phenoxy) is 1.